The Balaban J connectivity index is 1.30. The highest BCUT2D eigenvalue weighted by Gasteiger charge is 2.31. The Morgan fingerprint density at radius 3 is 2.82 bits per heavy atom. The fourth-order valence-electron chi connectivity index (χ4n) is 3.64. The lowest BCUT2D eigenvalue weighted by Crippen LogP contribution is -3.29. The molecule has 1 atom stereocenters. The molecule has 0 spiro atoms. The molecule has 1 fully saturated rings. The molecule has 28 heavy (non-hydrogen) atoms. The molecule has 0 radical (unpaired) electrons. The average Bonchev–Trinajstić information content (AvgIpc) is 3.33. The van der Waals surface area contributed by atoms with E-state index in [1.54, 1.807) is 17.4 Å². The van der Waals surface area contributed by atoms with E-state index < -0.39 is 0 Å². The molecular formula is C20H23N5OS2+2. The number of carbonyl (C=O) groups is 1. The molecule has 6 nitrogen and oxygen atoms in total. The van der Waals surface area contributed by atoms with Crippen molar-refractivity contribution in [2.45, 2.75) is 19.5 Å². The van der Waals surface area contributed by atoms with Crippen LogP contribution in [0.4, 0.5) is 5.00 Å². The number of thiophene rings is 1. The first-order valence-electron chi connectivity index (χ1n) is 9.45. The Morgan fingerprint density at radius 1 is 1.29 bits per heavy atom. The molecule has 0 unspecified atom stereocenters. The second kappa shape index (κ2) is 8.37. The number of benzene rings is 1. The molecule has 1 amide bonds. The van der Waals surface area contributed by atoms with Gasteiger partial charge in [0.25, 0.3) is 5.91 Å². The summed E-state index contributed by atoms with van der Waals surface area (Å²) in [7, 11) is 0. The first-order chi connectivity index (χ1) is 13.6. The zero-order valence-corrected chi connectivity index (χ0v) is 17.3. The third-order valence-electron chi connectivity index (χ3n) is 5.37. The highest BCUT2D eigenvalue weighted by molar-refractivity contribution is 7.18. The number of aromatic nitrogens is 1. The summed E-state index contributed by atoms with van der Waals surface area (Å²) in [6, 6.07) is 12.0. The molecule has 0 saturated carbocycles. The van der Waals surface area contributed by atoms with Gasteiger partial charge >= 0.3 is 0 Å². The lowest BCUT2D eigenvalue weighted by molar-refractivity contribution is -1.02. The van der Waals surface area contributed by atoms with Crippen molar-refractivity contribution in [1.82, 2.24) is 4.98 Å². The fraction of sp³-hybridized carbons (Fsp3) is 0.350. The predicted octanol–water partition coefficient (Wildman–Crippen LogP) is 0.540. The molecule has 1 aliphatic rings. The third kappa shape index (κ3) is 4.08. The molecule has 0 bridgehead atoms. The first kappa shape index (κ1) is 19.0. The molecule has 8 heteroatoms. The highest BCUT2D eigenvalue weighted by atomic mass is 32.1. The van der Waals surface area contributed by atoms with Gasteiger partial charge in [-0.1, -0.05) is 12.1 Å². The molecule has 3 aromatic rings. The molecular weight excluding hydrogens is 390 g/mol. The summed E-state index contributed by atoms with van der Waals surface area (Å²) in [5, 5.41) is 15.7. The van der Waals surface area contributed by atoms with Gasteiger partial charge in [-0.25, -0.2) is 4.98 Å². The van der Waals surface area contributed by atoms with Crippen LogP contribution in [0.3, 0.4) is 0 Å². The van der Waals surface area contributed by atoms with Crippen LogP contribution in [0.2, 0.25) is 0 Å². The number of carbonyl (C=O) groups excluding carboxylic acids is 1. The minimum Gasteiger partial charge on any atom is -0.320 e. The van der Waals surface area contributed by atoms with E-state index in [-0.39, 0.29) is 11.9 Å². The van der Waals surface area contributed by atoms with Crippen molar-refractivity contribution in [3.63, 3.8) is 0 Å². The molecule has 3 heterocycles. The fourth-order valence-corrected chi connectivity index (χ4v) is 5.42. The van der Waals surface area contributed by atoms with Gasteiger partial charge in [0.15, 0.2) is 6.04 Å². The van der Waals surface area contributed by atoms with Crippen molar-refractivity contribution in [2.75, 3.05) is 31.5 Å². The topological polar surface area (TPSA) is 74.7 Å². The molecule has 0 aliphatic carbocycles. The Morgan fingerprint density at radius 2 is 2.07 bits per heavy atom. The number of amides is 1. The van der Waals surface area contributed by atoms with Crippen molar-refractivity contribution in [2.24, 2.45) is 0 Å². The van der Waals surface area contributed by atoms with Gasteiger partial charge in [-0.3, -0.25) is 4.79 Å². The lowest BCUT2D eigenvalue weighted by Gasteiger charge is -2.32. The molecule has 1 aliphatic heterocycles. The van der Waals surface area contributed by atoms with Crippen molar-refractivity contribution in [1.29, 1.82) is 5.26 Å². The lowest BCUT2D eigenvalue weighted by atomic mass is 10.2. The van der Waals surface area contributed by atoms with Crippen molar-refractivity contribution in [3.8, 4) is 6.07 Å². The Hall–Kier alpha value is -2.31. The normalized spacial score (nSPS) is 20.6. The molecule has 3 N–H and O–H groups in total. The third-order valence-corrected chi connectivity index (χ3v) is 7.23. The van der Waals surface area contributed by atoms with Gasteiger partial charge in [-0.15, -0.1) is 22.7 Å². The van der Waals surface area contributed by atoms with Crippen LogP contribution in [0.5, 0.6) is 0 Å². The quantitative estimate of drug-likeness (QED) is 0.572. The number of fused-ring (bicyclic) bond motifs is 1. The Labute approximate surface area is 172 Å². The summed E-state index contributed by atoms with van der Waals surface area (Å²) < 4.78 is 1.25. The Kier molecular flexibility index (Phi) is 5.69. The van der Waals surface area contributed by atoms with E-state index in [0.717, 1.165) is 38.2 Å². The number of quaternary nitrogens is 2. The maximum atomic E-state index is 12.6. The van der Waals surface area contributed by atoms with E-state index in [2.05, 4.69) is 29.6 Å². The smallest absolute Gasteiger partial charge is 0.283 e. The van der Waals surface area contributed by atoms with Gasteiger partial charge in [-0.2, -0.15) is 5.26 Å². The first-order valence-corrected chi connectivity index (χ1v) is 11.1. The van der Waals surface area contributed by atoms with Gasteiger partial charge in [-0.05, 0) is 30.5 Å². The van der Waals surface area contributed by atoms with Crippen LogP contribution in [-0.2, 0) is 11.3 Å². The second-order valence-corrected chi connectivity index (χ2v) is 9.18. The van der Waals surface area contributed by atoms with E-state index >= 15 is 0 Å². The van der Waals surface area contributed by atoms with Crippen LogP contribution in [-0.4, -0.2) is 43.1 Å². The molecule has 1 aromatic carbocycles. The zero-order valence-electron chi connectivity index (χ0n) is 15.7. The molecule has 1 saturated heterocycles. The number of rotatable bonds is 5. The number of nitrogens with zero attached hydrogens (tertiary/aromatic N) is 2. The minimum atomic E-state index is -0.127. The standard InChI is InChI=1S/C20H21N5OS2/c1-14(19(26)23-20-15(12-21)6-11-27-20)25-9-7-24(8-10-25)13-18-22-16-4-2-3-5-17(16)28-18/h2-6,11,14H,7-10,13H2,1H3,(H,23,26)/p+2/t14-/m1/s1. The second-order valence-electron chi connectivity index (χ2n) is 7.15. The number of piperazine rings is 1. The van der Waals surface area contributed by atoms with Gasteiger partial charge < -0.3 is 15.1 Å². The summed E-state index contributed by atoms with van der Waals surface area (Å²) in [6.07, 6.45) is 0. The number of nitriles is 1. The van der Waals surface area contributed by atoms with Crippen LogP contribution in [0.1, 0.15) is 17.5 Å². The summed E-state index contributed by atoms with van der Waals surface area (Å²) >= 11 is 3.18. The summed E-state index contributed by atoms with van der Waals surface area (Å²) in [5.41, 5.74) is 1.62. The van der Waals surface area contributed by atoms with Gasteiger partial charge in [0, 0.05) is 0 Å². The van der Waals surface area contributed by atoms with Crippen molar-refractivity contribution in [3.05, 3.63) is 46.3 Å². The van der Waals surface area contributed by atoms with E-state index in [0.29, 0.717) is 10.6 Å². The maximum absolute atomic E-state index is 12.6. The van der Waals surface area contributed by atoms with Crippen LogP contribution in [0.25, 0.3) is 10.2 Å². The van der Waals surface area contributed by atoms with E-state index in [4.69, 9.17) is 10.2 Å². The van der Waals surface area contributed by atoms with Crippen LogP contribution in [0.15, 0.2) is 35.7 Å². The van der Waals surface area contributed by atoms with Gasteiger partial charge in [0.2, 0.25) is 0 Å². The number of para-hydroxylation sites is 1. The summed E-state index contributed by atoms with van der Waals surface area (Å²) in [4.78, 5) is 20.2. The number of thiazole rings is 1. The zero-order chi connectivity index (χ0) is 19.5. The van der Waals surface area contributed by atoms with Crippen LogP contribution >= 0.6 is 22.7 Å². The SMILES string of the molecule is C[C@H](C(=O)Nc1sccc1C#N)[NH+]1CC[NH+](Cc2nc3ccccc3s2)CC1. The molecule has 4 rings (SSSR count). The van der Waals surface area contributed by atoms with E-state index in [1.165, 1.54) is 30.8 Å². The summed E-state index contributed by atoms with van der Waals surface area (Å²) in [5.74, 6) is -0.0106. The number of anilines is 1. The molecule has 2 aromatic heterocycles. The number of hydrogen-bond donors (Lipinski definition) is 3. The minimum absolute atomic E-state index is 0.0106. The van der Waals surface area contributed by atoms with Crippen LogP contribution in [0, 0.1) is 11.3 Å². The van der Waals surface area contributed by atoms with E-state index in [9.17, 15) is 4.79 Å². The van der Waals surface area contributed by atoms with Crippen LogP contribution < -0.4 is 15.1 Å². The largest absolute Gasteiger partial charge is 0.320 e. The number of hydrogen-bond acceptors (Lipinski definition) is 5. The van der Waals surface area contributed by atoms with Gasteiger partial charge in [0.1, 0.15) is 48.8 Å². The predicted molar refractivity (Wildman–Crippen MR) is 112 cm³/mol. The highest BCUT2D eigenvalue weighted by Crippen LogP contribution is 2.22. The number of nitrogens with one attached hydrogen (secondary N) is 3. The molecule has 144 valence electrons. The van der Waals surface area contributed by atoms with E-state index in [1.807, 2.05) is 18.4 Å². The van der Waals surface area contributed by atoms with Gasteiger partial charge in [0.05, 0.1) is 15.8 Å². The average molecular weight is 414 g/mol. The summed E-state index contributed by atoms with van der Waals surface area (Å²) in [6.45, 7) is 6.92. The monoisotopic (exact) mass is 413 g/mol. The van der Waals surface area contributed by atoms with Crippen molar-refractivity contribution >= 4 is 43.8 Å². The maximum Gasteiger partial charge on any atom is 0.283 e. The van der Waals surface area contributed by atoms with Crippen molar-refractivity contribution < 1.29 is 14.6 Å². The Bertz CT molecular complexity index is 980.